The number of benzene rings is 1. The molecule has 2 rings (SSSR count). The lowest BCUT2D eigenvalue weighted by Crippen LogP contribution is -2.22. The van der Waals surface area contributed by atoms with Gasteiger partial charge in [0.2, 0.25) is 0 Å². The first-order valence-corrected chi connectivity index (χ1v) is 4.35. The van der Waals surface area contributed by atoms with Crippen molar-refractivity contribution in [2.75, 3.05) is 5.32 Å². The molecule has 1 aromatic carbocycles. The maximum atomic E-state index is 5.39. The average molecular weight is 178 g/mol. The highest BCUT2D eigenvalue weighted by Crippen LogP contribution is 2.29. The van der Waals surface area contributed by atoms with E-state index < -0.39 is 0 Å². The third kappa shape index (κ3) is 1.16. The topological polar surface area (TPSA) is 38.0 Å². The zero-order chi connectivity index (χ0) is 8.55. The summed E-state index contributed by atoms with van der Waals surface area (Å²) in [5.74, 6) is 0. The van der Waals surface area contributed by atoms with Gasteiger partial charge in [-0.25, -0.2) is 0 Å². The van der Waals surface area contributed by atoms with E-state index in [1.54, 1.807) is 0 Å². The Morgan fingerprint density at radius 3 is 2.83 bits per heavy atom. The number of aryl methyl sites for hydroxylation is 1. The number of nitrogens with one attached hydrogen (secondary N) is 1. The normalized spacial score (nSPS) is 13.0. The molecule has 0 atom stereocenters. The van der Waals surface area contributed by atoms with Crippen LogP contribution in [0.5, 0.6) is 0 Å². The lowest BCUT2D eigenvalue weighted by Gasteiger charge is -2.22. The molecule has 0 saturated heterocycles. The first-order chi connectivity index (χ1) is 5.77. The van der Waals surface area contributed by atoms with Gasteiger partial charge in [-0.2, -0.15) is 0 Å². The summed E-state index contributed by atoms with van der Waals surface area (Å²) in [6.45, 7) is 0. The molecule has 0 aromatic heterocycles. The number of rotatable bonds is 1. The van der Waals surface area contributed by atoms with Crippen molar-refractivity contribution in [3.8, 4) is 0 Å². The lowest BCUT2D eigenvalue weighted by molar-refractivity contribution is 0.843. The van der Waals surface area contributed by atoms with Gasteiger partial charge in [-0.05, 0) is 42.3 Å². The monoisotopic (exact) mass is 178 g/mol. The summed E-state index contributed by atoms with van der Waals surface area (Å²) in [5.41, 5.74) is 9.24. The third-order valence-corrected chi connectivity index (χ3v) is 2.28. The molecule has 1 aliphatic carbocycles. The zero-order valence-corrected chi connectivity index (χ0v) is 7.45. The minimum Gasteiger partial charge on any atom is -0.376 e. The van der Waals surface area contributed by atoms with Gasteiger partial charge in [-0.15, -0.1) is 0 Å². The molecule has 0 radical (unpaired) electrons. The molecule has 0 saturated carbocycles. The van der Waals surface area contributed by atoms with Gasteiger partial charge in [0.15, 0.2) is 5.11 Å². The minimum absolute atomic E-state index is 0.343. The van der Waals surface area contributed by atoms with E-state index in [0.29, 0.717) is 5.11 Å². The largest absolute Gasteiger partial charge is 0.376 e. The fraction of sp³-hybridized carbons (Fsp3) is 0.222. The molecule has 0 aliphatic heterocycles. The quantitative estimate of drug-likeness (QED) is 0.639. The van der Waals surface area contributed by atoms with Gasteiger partial charge in [0.25, 0.3) is 0 Å². The highest BCUT2D eigenvalue weighted by Gasteiger charge is 2.16. The smallest absolute Gasteiger partial charge is 0.168 e. The van der Waals surface area contributed by atoms with E-state index in [1.165, 1.54) is 17.5 Å². The lowest BCUT2D eigenvalue weighted by atomic mass is 9.87. The maximum absolute atomic E-state index is 5.39. The second-order valence-electron chi connectivity index (χ2n) is 2.93. The molecular formula is C9H10N2S. The molecule has 0 spiro atoms. The van der Waals surface area contributed by atoms with E-state index in [9.17, 15) is 0 Å². The van der Waals surface area contributed by atoms with Crippen LogP contribution in [0, 0.1) is 0 Å². The van der Waals surface area contributed by atoms with Crippen LogP contribution in [0.4, 0.5) is 5.69 Å². The van der Waals surface area contributed by atoms with Crippen molar-refractivity contribution < 1.29 is 0 Å². The molecule has 0 bridgehead atoms. The van der Waals surface area contributed by atoms with E-state index in [-0.39, 0.29) is 0 Å². The van der Waals surface area contributed by atoms with Crippen molar-refractivity contribution in [2.24, 2.45) is 5.73 Å². The Kier molecular flexibility index (Phi) is 1.73. The van der Waals surface area contributed by atoms with Gasteiger partial charge in [-0.1, -0.05) is 12.1 Å². The van der Waals surface area contributed by atoms with Crippen LogP contribution in [0.3, 0.4) is 0 Å². The van der Waals surface area contributed by atoms with Crippen LogP contribution in [0.2, 0.25) is 0 Å². The van der Waals surface area contributed by atoms with Crippen molar-refractivity contribution in [1.82, 2.24) is 0 Å². The SMILES string of the molecule is NC(=S)Nc1cccc2c1CC2. The van der Waals surface area contributed by atoms with Crippen LogP contribution in [-0.4, -0.2) is 5.11 Å². The van der Waals surface area contributed by atoms with Crippen molar-refractivity contribution in [2.45, 2.75) is 12.8 Å². The maximum Gasteiger partial charge on any atom is 0.168 e. The van der Waals surface area contributed by atoms with Crippen molar-refractivity contribution in [3.63, 3.8) is 0 Å². The zero-order valence-electron chi connectivity index (χ0n) is 6.63. The van der Waals surface area contributed by atoms with E-state index in [2.05, 4.69) is 11.4 Å². The third-order valence-electron chi connectivity index (χ3n) is 2.18. The van der Waals surface area contributed by atoms with Crippen molar-refractivity contribution in [3.05, 3.63) is 29.3 Å². The second-order valence-corrected chi connectivity index (χ2v) is 3.37. The molecule has 1 aromatic rings. The summed E-state index contributed by atoms with van der Waals surface area (Å²) >= 11 is 4.77. The summed E-state index contributed by atoms with van der Waals surface area (Å²) in [6, 6.07) is 6.18. The fourth-order valence-corrected chi connectivity index (χ4v) is 1.61. The summed E-state index contributed by atoms with van der Waals surface area (Å²) in [6.07, 6.45) is 2.32. The number of nitrogens with two attached hydrogens (primary N) is 1. The van der Waals surface area contributed by atoms with Crippen LogP contribution >= 0.6 is 12.2 Å². The number of fused-ring (bicyclic) bond motifs is 1. The molecule has 0 fully saturated rings. The predicted octanol–water partition coefficient (Wildman–Crippen LogP) is 1.44. The summed E-state index contributed by atoms with van der Waals surface area (Å²) < 4.78 is 0. The van der Waals surface area contributed by atoms with E-state index in [1.807, 2.05) is 12.1 Å². The Morgan fingerprint density at radius 1 is 1.42 bits per heavy atom. The first kappa shape index (κ1) is 7.55. The highest BCUT2D eigenvalue weighted by molar-refractivity contribution is 7.80. The van der Waals surface area contributed by atoms with Gasteiger partial charge in [-0.3, -0.25) is 0 Å². The molecular weight excluding hydrogens is 168 g/mol. The van der Waals surface area contributed by atoms with Crippen LogP contribution in [0.1, 0.15) is 11.1 Å². The molecule has 62 valence electrons. The van der Waals surface area contributed by atoms with Gasteiger partial charge in [0, 0.05) is 5.69 Å². The van der Waals surface area contributed by atoms with Gasteiger partial charge in [0.05, 0.1) is 0 Å². The molecule has 3 heteroatoms. The Balaban J connectivity index is 2.32. The molecule has 12 heavy (non-hydrogen) atoms. The predicted molar refractivity (Wildman–Crippen MR) is 54.3 cm³/mol. The molecule has 0 unspecified atom stereocenters. The minimum atomic E-state index is 0.343. The Labute approximate surface area is 76.8 Å². The summed E-state index contributed by atoms with van der Waals surface area (Å²) in [7, 11) is 0. The summed E-state index contributed by atoms with van der Waals surface area (Å²) in [5, 5.41) is 3.32. The number of hydrogen-bond acceptors (Lipinski definition) is 1. The van der Waals surface area contributed by atoms with Crippen LogP contribution in [0.15, 0.2) is 18.2 Å². The highest BCUT2D eigenvalue weighted by atomic mass is 32.1. The fourth-order valence-electron chi connectivity index (χ4n) is 1.50. The first-order valence-electron chi connectivity index (χ1n) is 3.94. The Bertz CT molecular complexity index is 333. The molecule has 1 aliphatic rings. The van der Waals surface area contributed by atoms with Gasteiger partial charge in [0.1, 0.15) is 0 Å². The number of anilines is 1. The van der Waals surface area contributed by atoms with Gasteiger partial charge < -0.3 is 11.1 Å². The average Bonchev–Trinajstić information content (AvgIpc) is 1.91. The van der Waals surface area contributed by atoms with E-state index >= 15 is 0 Å². The molecule has 0 heterocycles. The standard InChI is InChI=1S/C9H10N2S/c10-9(12)11-8-3-1-2-6-4-5-7(6)8/h1-3H,4-5H2,(H3,10,11,12). The molecule has 3 N–H and O–H groups in total. The Hall–Kier alpha value is -1.09. The molecule has 0 amide bonds. The van der Waals surface area contributed by atoms with Crippen molar-refractivity contribution in [1.29, 1.82) is 0 Å². The number of thiocarbonyl (C=S) groups is 1. The second kappa shape index (κ2) is 2.75. The number of hydrogen-bond donors (Lipinski definition) is 2. The van der Waals surface area contributed by atoms with Crippen LogP contribution < -0.4 is 11.1 Å². The van der Waals surface area contributed by atoms with Crippen molar-refractivity contribution >= 4 is 23.0 Å². The summed E-state index contributed by atoms with van der Waals surface area (Å²) in [4.78, 5) is 0. The van der Waals surface area contributed by atoms with E-state index in [4.69, 9.17) is 18.0 Å². The van der Waals surface area contributed by atoms with E-state index in [0.717, 1.165) is 12.1 Å². The molecule has 2 nitrogen and oxygen atoms in total. The van der Waals surface area contributed by atoms with Crippen LogP contribution in [0.25, 0.3) is 0 Å². The van der Waals surface area contributed by atoms with Gasteiger partial charge >= 0.3 is 0 Å². The van der Waals surface area contributed by atoms with Crippen LogP contribution in [-0.2, 0) is 12.8 Å². The Morgan fingerprint density at radius 2 is 2.25 bits per heavy atom.